The first kappa shape index (κ1) is 13.4. The third-order valence-electron chi connectivity index (χ3n) is 3.41. The summed E-state index contributed by atoms with van der Waals surface area (Å²) in [6.07, 6.45) is 1.35. The fraction of sp³-hybridized carbons (Fsp3) is 0.818. The van der Waals surface area contributed by atoms with E-state index in [1.165, 1.54) is 17.4 Å². The van der Waals surface area contributed by atoms with E-state index >= 15 is 0 Å². The lowest BCUT2D eigenvalue weighted by molar-refractivity contribution is 0.291. The summed E-state index contributed by atoms with van der Waals surface area (Å²) in [4.78, 5) is 2.12. The van der Waals surface area contributed by atoms with Gasteiger partial charge in [-0.1, -0.05) is 5.57 Å². The topological polar surface area (TPSA) is 49.4 Å². The smallest absolute Gasteiger partial charge is 0.164 e. The number of nitrogens with zero attached hydrogens (tertiary/aromatic N) is 1. The van der Waals surface area contributed by atoms with Gasteiger partial charge >= 0.3 is 0 Å². The van der Waals surface area contributed by atoms with Gasteiger partial charge in [-0.3, -0.25) is 4.90 Å². The molecule has 2 saturated heterocycles. The Labute approximate surface area is 108 Å². The summed E-state index contributed by atoms with van der Waals surface area (Å²) >= 11 is 1.74. The summed E-state index contributed by atoms with van der Waals surface area (Å²) in [5.41, 5.74) is 2.78. The average molecular weight is 276 g/mol. The van der Waals surface area contributed by atoms with Crippen molar-refractivity contribution in [1.82, 2.24) is 10.2 Å². The minimum atomic E-state index is -2.97. The molecule has 2 aliphatic rings. The van der Waals surface area contributed by atoms with Gasteiger partial charge in [0.1, 0.15) is 5.37 Å². The molecule has 0 aliphatic carbocycles. The molecule has 0 bridgehead atoms. The Hall–Kier alpha value is -0.0400. The summed E-state index contributed by atoms with van der Waals surface area (Å²) in [5.74, 6) is 1.74. The van der Waals surface area contributed by atoms with Crippen LogP contribution in [0.25, 0.3) is 0 Å². The van der Waals surface area contributed by atoms with Crippen molar-refractivity contribution in [3.05, 3.63) is 11.1 Å². The maximum Gasteiger partial charge on any atom is 0.164 e. The Morgan fingerprint density at radius 2 is 2.24 bits per heavy atom. The van der Waals surface area contributed by atoms with Crippen molar-refractivity contribution in [3.8, 4) is 0 Å². The number of hydrogen-bond donors (Lipinski definition) is 1. The van der Waals surface area contributed by atoms with Crippen molar-refractivity contribution >= 4 is 21.6 Å². The molecule has 0 radical (unpaired) electrons. The molecule has 98 valence electrons. The van der Waals surface area contributed by atoms with Gasteiger partial charge in [-0.05, 0) is 12.5 Å². The highest BCUT2D eigenvalue weighted by Crippen LogP contribution is 2.22. The van der Waals surface area contributed by atoms with Crippen molar-refractivity contribution in [1.29, 1.82) is 0 Å². The van der Waals surface area contributed by atoms with Gasteiger partial charge < -0.3 is 5.32 Å². The first-order chi connectivity index (χ1) is 7.98. The third kappa shape index (κ3) is 3.24. The van der Waals surface area contributed by atoms with E-state index in [1.807, 2.05) is 0 Å². The van der Waals surface area contributed by atoms with Crippen LogP contribution < -0.4 is 5.32 Å². The Kier molecular flexibility index (Phi) is 4.18. The molecule has 1 unspecified atom stereocenters. The molecule has 0 saturated carbocycles. The molecule has 0 amide bonds. The minimum Gasteiger partial charge on any atom is -0.309 e. The Balaban J connectivity index is 2.07. The maximum absolute atomic E-state index is 11.7. The first-order valence-corrected chi connectivity index (χ1v) is 8.98. The van der Waals surface area contributed by atoms with E-state index in [1.54, 1.807) is 11.8 Å². The molecule has 2 heterocycles. The highest BCUT2D eigenvalue weighted by molar-refractivity contribution is 8.00. The van der Waals surface area contributed by atoms with Gasteiger partial charge in [0.05, 0.1) is 0 Å². The minimum absolute atomic E-state index is 0.301. The molecule has 0 aromatic rings. The summed E-state index contributed by atoms with van der Waals surface area (Å²) in [6.45, 7) is 5.74. The number of sulfone groups is 1. The van der Waals surface area contributed by atoms with Crippen LogP contribution in [0.4, 0.5) is 0 Å². The van der Waals surface area contributed by atoms with Crippen LogP contribution in [0.5, 0.6) is 0 Å². The van der Waals surface area contributed by atoms with Crippen LogP contribution in [0.2, 0.25) is 0 Å². The summed E-state index contributed by atoms with van der Waals surface area (Å²) in [5, 5.41) is 2.92. The fourth-order valence-electron chi connectivity index (χ4n) is 2.16. The van der Waals surface area contributed by atoms with Crippen LogP contribution >= 0.6 is 11.8 Å². The SMILES string of the molecule is CC(CN1CCSCC1S(C)(=O)=O)=C1CNC1. The summed E-state index contributed by atoms with van der Waals surface area (Å²) in [7, 11) is -2.97. The van der Waals surface area contributed by atoms with Crippen molar-refractivity contribution < 1.29 is 8.42 Å². The zero-order valence-electron chi connectivity index (χ0n) is 10.4. The molecule has 17 heavy (non-hydrogen) atoms. The molecule has 1 N–H and O–H groups in total. The lowest BCUT2D eigenvalue weighted by Gasteiger charge is -2.35. The van der Waals surface area contributed by atoms with E-state index in [0.29, 0.717) is 5.75 Å². The quantitative estimate of drug-likeness (QED) is 0.753. The Bertz CT molecular complexity index is 411. The van der Waals surface area contributed by atoms with Crippen molar-refractivity contribution in [3.63, 3.8) is 0 Å². The van der Waals surface area contributed by atoms with Gasteiger partial charge in [-0.2, -0.15) is 11.8 Å². The molecule has 2 aliphatic heterocycles. The molecule has 2 rings (SSSR count). The lowest BCUT2D eigenvalue weighted by atomic mass is 10.0. The molecular weight excluding hydrogens is 256 g/mol. The Morgan fingerprint density at radius 1 is 1.53 bits per heavy atom. The van der Waals surface area contributed by atoms with E-state index in [-0.39, 0.29) is 5.37 Å². The zero-order valence-corrected chi connectivity index (χ0v) is 12.0. The lowest BCUT2D eigenvalue weighted by Crippen LogP contribution is -2.48. The van der Waals surface area contributed by atoms with Crippen LogP contribution in [0.15, 0.2) is 11.1 Å². The largest absolute Gasteiger partial charge is 0.309 e. The third-order valence-corrected chi connectivity index (χ3v) is 6.09. The number of thioether (sulfide) groups is 1. The molecule has 0 aromatic heterocycles. The standard InChI is InChI=1S/C11H20N2O2S2/c1-9(10-5-12-6-10)7-13-3-4-16-8-11(13)17(2,14)15/h11-12H,3-8H2,1-2H3. The second-order valence-corrected chi connectivity index (χ2v) is 8.17. The van der Waals surface area contributed by atoms with Gasteiger partial charge in [0, 0.05) is 43.9 Å². The van der Waals surface area contributed by atoms with Crippen molar-refractivity contribution in [2.24, 2.45) is 0 Å². The van der Waals surface area contributed by atoms with E-state index in [2.05, 4.69) is 17.1 Å². The van der Waals surface area contributed by atoms with Crippen LogP contribution in [-0.2, 0) is 9.84 Å². The van der Waals surface area contributed by atoms with Gasteiger partial charge in [0.25, 0.3) is 0 Å². The van der Waals surface area contributed by atoms with Crippen LogP contribution in [0.1, 0.15) is 6.92 Å². The van der Waals surface area contributed by atoms with Gasteiger partial charge in [0.2, 0.25) is 0 Å². The van der Waals surface area contributed by atoms with E-state index < -0.39 is 9.84 Å². The van der Waals surface area contributed by atoms with Crippen LogP contribution in [0, 0.1) is 0 Å². The normalized spacial score (nSPS) is 26.7. The Morgan fingerprint density at radius 3 is 2.76 bits per heavy atom. The molecule has 0 aromatic carbocycles. The fourth-order valence-corrected chi connectivity index (χ4v) is 5.10. The van der Waals surface area contributed by atoms with Crippen molar-refractivity contribution in [2.75, 3.05) is 43.9 Å². The van der Waals surface area contributed by atoms with Crippen molar-refractivity contribution in [2.45, 2.75) is 12.3 Å². The molecule has 2 fully saturated rings. The first-order valence-electron chi connectivity index (χ1n) is 5.87. The van der Waals surface area contributed by atoms with Crippen LogP contribution in [-0.4, -0.2) is 62.6 Å². The summed E-state index contributed by atoms with van der Waals surface area (Å²) in [6, 6.07) is 0. The molecule has 0 spiro atoms. The molecular formula is C11H20N2O2S2. The predicted molar refractivity (Wildman–Crippen MR) is 73.1 cm³/mol. The predicted octanol–water partition coefficient (Wildman–Crippen LogP) is 0.326. The second-order valence-electron chi connectivity index (χ2n) is 4.82. The second kappa shape index (κ2) is 5.30. The van der Waals surface area contributed by atoms with Gasteiger partial charge in [-0.15, -0.1) is 0 Å². The highest BCUT2D eigenvalue weighted by atomic mass is 32.2. The summed E-state index contributed by atoms with van der Waals surface area (Å²) < 4.78 is 23.5. The zero-order chi connectivity index (χ0) is 12.5. The molecule has 6 heteroatoms. The van der Waals surface area contributed by atoms with Gasteiger partial charge in [0.15, 0.2) is 9.84 Å². The highest BCUT2D eigenvalue weighted by Gasteiger charge is 2.31. The van der Waals surface area contributed by atoms with E-state index in [9.17, 15) is 8.42 Å². The average Bonchev–Trinajstić information content (AvgIpc) is 2.13. The maximum atomic E-state index is 11.7. The van der Waals surface area contributed by atoms with Crippen LogP contribution in [0.3, 0.4) is 0 Å². The van der Waals surface area contributed by atoms with E-state index in [0.717, 1.165) is 31.9 Å². The number of nitrogens with one attached hydrogen (secondary N) is 1. The monoisotopic (exact) mass is 276 g/mol. The van der Waals surface area contributed by atoms with E-state index in [4.69, 9.17) is 0 Å². The van der Waals surface area contributed by atoms with Gasteiger partial charge in [-0.25, -0.2) is 8.42 Å². The number of hydrogen-bond acceptors (Lipinski definition) is 5. The molecule has 4 nitrogen and oxygen atoms in total. The number of rotatable bonds is 3. The molecule has 1 atom stereocenters.